The Balaban J connectivity index is 2.52. The van der Waals surface area contributed by atoms with Gasteiger partial charge in [0.25, 0.3) is 0 Å². The maximum atomic E-state index is 10.6. The third kappa shape index (κ3) is 4.92. The fourth-order valence-corrected chi connectivity index (χ4v) is 1.67. The Morgan fingerprint density at radius 2 is 2.21 bits per heavy atom. The van der Waals surface area contributed by atoms with Crippen LogP contribution in [0, 0.1) is 27.4 Å². The topological polar surface area (TPSA) is 91.9 Å². The van der Waals surface area contributed by atoms with Crippen LogP contribution in [0.3, 0.4) is 0 Å². The fraction of sp³-hybridized carbons (Fsp3) is 0.538. The van der Waals surface area contributed by atoms with Gasteiger partial charge in [-0.15, -0.1) is 0 Å². The molecule has 0 radical (unpaired) electrons. The van der Waals surface area contributed by atoms with Gasteiger partial charge in [-0.05, 0) is 18.4 Å². The highest BCUT2D eigenvalue weighted by molar-refractivity contribution is 5.50. The van der Waals surface area contributed by atoms with Crippen LogP contribution < -0.4 is 5.32 Å². The zero-order valence-electron chi connectivity index (χ0n) is 11.2. The summed E-state index contributed by atoms with van der Waals surface area (Å²) >= 11 is 0. The first kappa shape index (κ1) is 14.9. The highest BCUT2D eigenvalue weighted by atomic mass is 16.6. The standard InChI is InChI=1S/C13H18N4O2/c1-10(2)5-3-4-8-15-13-7-6-12(17(18)19)11(9-14)16-13/h6-7,10H,3-5,8H2,1-2H3,(H,15,16). The van der Waals surface area contributed by atoms with Crippen molar-refractivity contribution in [2.45, 2.75) is 33.1 Å². The number of anilines is 1. The van der Waals surface area contributed by atoms with Crippen LogP contribution in [-0.4, -0.2) is 16.5 Å². The highest BCUT2D eigenvalue weighted by Gasteiger charge is 2.15. The van der Waals surface area contributed by atoms with Crippen molar-refractivity contribution in [3.8, 4) is 6.07 Å². The third-order valence-electron chi connectivity index (χ3n) is 2.69. The number of unbranched alkanes of at least 4 members (excludes halogenated alkanes) is 1. The van der Waals surface area contributed by atoms with Crippen LogP contribution >= 0.6 is 0 Å². The predicted molar refractivity (Wildman–Crippen MR) is 72.8 cm³/mol. The number of aromatic nitrogens is 1. The second-order valence-corrected chi connectivity index (χ2v) is 4.75. The van der Waals surface area contributed by atoms with Crippen molar-refractivity contribution in [3.05, 3.63) is 27.9 Å². The molecule has 0 atom stereocenters. The minimum Gasteiger partial charge on any atom is -0.370 e. The fourth-order valence-electron chi connectivity index (χ4n) is 1.67. The van der Waals surface area contributed by atoms with Gasteiger partial charge < -0.3 is 5.32 Å². The smallest absolute Gasteiger partial charge is 0.305 e. The van der Waals surface area contributed by atoms with E-state index in [1.807, 2.05) is 0 Å². The first-order valence-corrected chi connectivity index (χ1v) is 6.34. The molecule has 0 spiro atoms. The summed E-state index contributed by atoms with van der Waals surface area (Å²) in [6.45, 7) is 5.12. The molecule has 0 amide bonds. The Bertz CT molecular complexity index is 480. The molecule has 0 saturated heterocycles. The number of nitriles is 1. The first-order chi connectivity index (χ1) is 9.04. The second-order valence-electron chi connectivity index (χ2n) is 4.75. The van der Waals surface area contributed by atoms with Crippen molar-refractivity contribution in [2.24, 2.45) is 5.92 Å². The van der Waals surface area contributed by atoms with E-state index in [1.165, 1.54) is 18.6 Å². The molecule has 0 aliphatic rings. The highest BCUT2D eigenvalue weighted by Crippen LogP contribution is 2.18. The molecule has 1 N–H and O–H groups in total. The predicted octanol–water partition coefficient (Wildman–Crippen LogP) is 3.10. The lowest BCUT2D eigenvalue weighted by molar-refractivity contribution is -0.385. The number of hydrogen-bond donors (Lipinski definition) is 1. The van der Waals surface area contributed by atoms with Crippen molar-refractivity contribution in [3.63, 3.8) is 0 Å². The molecule has 1 heterocycles. The zero-order chi connectivity index (χ0) is 14.3. The van der Waals surface area contributed by atoms with Crippen LogP contribution in [-0.2, 0) is 0 Å². The van der Waals surface area contributed by atoms with E-state index in [9.17, 15) is 10.1 Å². The molecular formula is C13H18N4O2. The number of nitrogens with one attached hydrogen (secondary N) is 1. The van der Waals surface area contributed by atoms with Crippen LogP contribution in [0.25, 0.3) is 0 Å². The van der Waals surface area contributed by atoms with Crippen molar-refractivity contribution < 1.29 is 4.92 Å². The Labute approximate surface area is 112 Å². The minimum absolute atomic E-state index is 0.155. The van der Waals surface area contributed by atoms with Gasteiger partial charge in [0.05, 0.1) is 4.92 Å². The molecule has 0 unspecified atom stereocenters. The van der Waals surface area contributed by atoms with E-state index < -0.39 is 4.92 Å². The van der Waals surface area contributed by atoms with E-state index in [-0.39, 0.29) is 11.4 Å². The molecule has 6 nitrogen and oxygen atoms in total. The zero-order valence-corrected chi connectivity index (χ0v) is 11.2. The van der Waals surface area contributed by atoms with Crippen molar-refractivity contribution in [1.29, 1.82) is 5.26 Å². The average molecular weight is 262 g/mol. The molecule has 1 aromatic heterocycles. The van der Waals surface area contributed by atoms with Gasteiger partial charge in [0, 0.05) is 12.6 Å². The number of nitrogens with zero attached hydrogens (tertiary/aromatic N) is 3. The van der Waals surface area contributed by atoms with E-state index in [2.05, 4.69) is 24.1 Å². The molecule has 0 aromatic carbocycles. The number of hydrogen-bond acceptors (Lipinski definition) is 5. The monoisotopic (exact) mass is 262 g/mol. The van der Waals surface area contributed by atoms with Crippen LogP contribution in [0.15, 0.2) is 12.1 Å². The van der Waals surface area contributed by atoms with E-state index in [0.717, 1.165) is 19.4 Å². The lowest BCUT2D eigenvalue weighted by Crippen LogP contribution is -2.05. The van der Waals surface area contributed by atoms with E-state index >= 15 is 0 Å². The summed E-state index contributed by atoms with van der Waals surface area (Å²) in [5.41, 5.74) is -0.412. The molecular weight excluding hydrogens is 244 g/mol. The molecule has 0 aliphatic heterocycles. The SMILES string of the molecule is CC(C)CCCCNc1ccc([N+](=O)[O-])c(C#N)n1. The second kappa shape index (κ2) is 7.31. The maximum absolute atomic E-state index is 10.6. The summed E-state index contributed by atoms with van der Waals surface area (Å²) in [6, 6.07) is 4.58. The average Bonchev–Trinajstić information content (AvgIpc) is 2.37. The summed E-state index contributed by atoms with van der Waals surface area (Å²) in [5.74, 6) is 1.20. The van der Waals surface area contributed by atoms with Gasteiger partial charge in [0.2, 0.25) is 5.69 Å². The summed E-state index contributed by atoms with van der Waals surface area (Å²) in [7, 11) is 0. The largest absolute Gasteiger partial charge is 0.370 e. The van der Waals surface area contributed by atoms with Gasteiger partial charge in [0.1, 0.15) is 11.9 Å². The molecule has 102 valence electrons. The van der Waals surface area contributed by atoms with Gasteiger partial charge >= 0.3 is 5.69 Å². The Hall–Kier alpha value is -2.16. The quantitative estimate of drug-likeness (QED) is 0.463. The molecule has 19 heavy (non-hydrogen) atoms. The van der Waals surface area contributed by atoms with Gasteiger partial charge in [-0.2, -0.15) is 5.26 Å². The van der Waals surface area contributed by atoms with Gasteiger partial charge in [-0.25, -0.2) is 4.98 Å². The lowest BCUT2D eigenvalue weighted by Gasteiger charge is -2.07. The van der Waals surface area contributed by atoms with Crippen LogP contribution in [0.5, 0.6) is 0 Å². The molecule has 0 saturated carbocycles. The molecule has 0 aliphatic carbocycles. The van der Waals surface area contributed by atoms with Gasteiger partial charge in [0.15, 0.2) is 0 Å². The van der Waals surface area contributed by atoms with Crippen molar-refractivity contribution in [2.75, 3.05) is 11.9 Å². The molecule has 0 fully saturated rings. The molecule has 1 aromatic rings. The summed E-state index contributed by atoms with van der Waals surface area (Å²) in [4.78, 5) is 14.0. The molecule has 1 rings (SSSR count). The Morgan fingerprint density at radius 1 is 1.47 bits per heavy atom. The first-order valence-electron chi connectivity index (χ1n) is 6.34. The number of rotatable bonds is 7. The third-order valence-corrected chi connectivity index (χ3v) is 2.69. The summed E-state index contributed by atoms with van der Waals surface area (Å²) in [5, 5.41) is 22.5. The Morgan fingerprint density at radius 3 is 2.79 bits per heavy atom. The summed E-state index contributed by atoms with van der Waals surface area (Å²) in [6.07, 6.45) is 3.32. The van der Waals surface area contributed by atoms with E-state index in [0.29, 0.717) is 11.7 Å². The molecule has 6 heteroatoms. The summed E-state index contributed by atoms with van der Waals surface area (Å²) < 4.78 is 0. The van der Waals surface area contributed by atoms with E-state index in [1.54, 1.807) is 6.07 Å². The van der Waals surface area contributed by atoms with Crippen LogP contribution in [0.2, 0.25) is 0 Å². The number of nitro groups is 1. The van der Waals surface area contributed by atoms with E-state index in [4.69, 9.17) is 5.26 Å². The van der Waals surface area contributed by atoms with Crippen LogP contribution in [0.1, 0.15) is 38.8 Å². The lowest BCUT2D eigenvalue weighted by atomic mass is 10.1. The molecule has 0 bridgehead atoms. The maximum Gasteiger partial charge on any atom is 0.305 e. The number of pyridine rings is 1. The normalized spacial score (nSPS) is 10.2. The minimum atomic E-state index is -0.599. The van der Waals surface area contributed by atoms with Crippen molar-refractivity contribution >= 4 is 11.5 Å². The van der Waals surface area contributed by atoms with Gasteiger partial charge in [-0.3, -0.25) is 10.1 Å². The Kier molecular flexibility index (Phi) is 5.73. The van der Waals surface area contributed by atoms with Crippen LogP contribution in [0.4, 0.5) is 11.5 Å². The van der Waals surface area contributed by atoms with Crippen molar-refractivity contribution in [1.82, 2.24) is 4.98 Å². The van der Waals surface area contributed by atoms with Gasteiger partial charge in [-0.1, -0.05) is 26.7 Å².